The molecule has 1 atom stereocenters. The van der Waals surface area contributed by atoms with Crippen LogP contribution in [0.3, 0.4) is 0 Å². The Morgan fingerprint density at radius 2 is 2.44 bits per heavy atom. The molecule has 0 aliphatic carbocycles. The average molecular weight is 221 g/mol. The Balaban J connectivity index is 2.10. The first-order chi connectivity index (χ1) is 7.65. The summed E-state index contributed by atoms with van der Waals surface area (Å²) in [5.74, 6) is -0.332. The van der Waals surface area contributed by atoms with Crippen molar-refractivity contribution in [1.29, 1.82) is 0 Å². The van der Waals surface area contributed by atoms with E-state index in [0.717, 1.165) is 18.5 Å². The molecule has 16 heavy (non-hydrogen) atoms. The van der Waals surface area contributed by atoms with Crippen molar-refractivity contribution < 1.29 is 14.6 Å². The van der Waals surface area contributed by atoms with Gasteiger partial charge in [-0.2, -0.15) is 0 Å². The number of nitrogens with one attached hydrogen (secondary N) is 1. The third-order valence-corrected chi connectivity index (χ3v) is 2.69. The zero-order valence-corrected chi connectivity index (χ0v) is 9.19. The van der Waals surface area contributed by atoms with Gasteiger partial charge in [-0.05, 0) is 43.5 Å². The van der Waals surface area contributed by atoms with Crippen LogP contribution in [0.1, 0.15) is 18.9 Å². The number of carbonyl (C=O) groups is 1. The lowest BCUT2D eigenvalue weighted by molar-refractivity contribution is -0.139. The second kappa shape index (κ2) is 4.43. The van der Waals surface area contributed by atoms with Crippen molar-refractivity contribution in [2.75, 3.05) is 11.9 Å². The van der Waals surface area contributed by atoms with Crippen molar-refractivity contribution in [3.8, 4) is 5.75 Å². The van der Waals surface area contributed by atoms with Crippen LogP contribution in [0, 0.1) is 0 Å². The van der Waals surface area contributed by atoms with E-state index >= 15 is 0 Å². The van der Waals surface area contributed by atoms with E-state index < -0.39 is 5.97 Å². The highest BCUT2D eigenvalue weighted by molar-refractivity contribution is 5.68. The van der Waals surface area contributed by atoms with Crippen molar-refractivity contribution in [3.05, 3.63) is 23.8 Å². The fourth-order valence-electron chi connectivity index (χ4n) is 1.86. The molecule has 1 aliphatic heterocycles. The largest absolute Gasteiger partial charge is 0.482 e. The summed E-state index contributed by atoms with van der Waals surface area (Å²) in [7, 11) is 0. The number of rotatable bonds is 3. The quantitative estimate of drug-likeness (QED) is 0.818. The monoisotopic (exact) mass is 221 g/mol. The number of ether oxygens (including phenoxy) is 1. The molecule has 0 saturated heterocycles. The predicted octanol–water partition coefficient (Wildman–Crippen LogP) is 1.90. The molecule has 0 amide bonds. The number of anilines is 1. The van der Waals surface area contributed by atoms with Gasteiger partial charge in [-0.3, -0.25) is 0 Å². The van der Waals surface area contributed by atoms with E-state index in [-0.39, 0.29) is 6.61 Å². The second-order valence-electron chi connectivity index (χ2n) is 4.09. The Bertz CT molecular complexity index is 403. The maximum atomic E-state index is 10.4. The molecule has 2 rings (SSSR count). The highest BCUT2D eigenvalue weighted by Gasteiger charge is 2.14. The van der Waals surface area contributed by atoms with Crippen LogP contribution >= 0.6 is 0 Å². The van der Waals surface area contributed by atoms with Crippen molar-refractivity contribution in [2.45, 2.75) is 25.8 Å². The van der Waals surface area contributed by atoms with Crippen molar-refractivity contribution in [3.63, 3.8) is 0 Å². The number of carboxylic acids is 1. The normalized spacial score (nSPS) is 18.4. The van der Waals surface area contributed by atoms with E-state index in [1.807, 2.05) is 12.1 Å². The minimum atomic E-state index is -0.954. The van der Waals surface area contributed by atoms with Crippen molar-refractivity contribution >= 4 is 11.7 Å². The lowest BCUT2D eigenvalue weighted by Gasteiger charge is -2.24. The lowest BCUT2D eigenvalue weighted by atomic mass is 9.99. The second-order valence-corrected chi connectivity index (χ2v) is 4.09. The average Bonchev–Trinajstić information content (AvgIpc) is 2.26. The van der Waals surface area contributed by atoms with Gasteiger partial charge in [0.1, 0.15) is 5.75 Å². The van der Waals surface area contributed by atoms with E-state index in [9.17, 15) is 4.79 Å². The maximum Gasteiger partial charge on any atom is 0.341 e. The van der Waals surface area contributed by atoms with E-state index in [1.165, 1.54) is 5.56 Å². The molecule has 2 N–H and O–H groups in total. The highest BCUT2D eigenvalue weighted by Crippen LogP contribution is 2.28. The lowest BCUT2D eigenvalue weighted by Crippen LogP contribution is -2.21. The molecule has 1 aromatic carbocycles. The predicted molar refractivity (Wildman–Crippen MR) is 61.0 cm³/mol. The molecule has 1 aliphatic rings. The summed E-state index contributed by atoms with van der Waals surface area (Å²) < 4.78 is 5.13. The molecular formula is C12H15NO3. The van der Waals surface area contributed by atoms with Gasteiger partial charge in [-0.15, -0.1) is 0 Å². The zero-order valence-electron chi connectivity index (χ0n) is 9.19. The molecule has 1 heterocycles. The number of hydrogen-bond acceptors (Lipinski definition) is 3. The highest BCUT2D eigenvalue weighted by atomic mass is 16.5. The third kappa shape index (κ3) is 2.45. The Hall–Kier alpha value is -1.71. The number of aryl methyl sites for hydroxylation is 1. The molecule has 0 saturated carbocycles. The topological polar surface area (TPSA) is 58.6 Å². The number of benzene rings is 1. The van der Waals surface area contributed by atoms with Crippen LogP contribution in [0.25, 0.3) is 0 Å². The van der Waals surface area contributed by atoms with E-state index in [0.29, 0.717) is 11.8 Å². The Morgan fingerprint density at radius 1 is 1.62 bits per heavy atom. The van der Waals surface area contributed by atoms with E-state index in [2.05, 4.69) is 12.2 Å². The fourth-order valence-corrected chi connectivity index (χ4v) is 1.86. The van der Waals surface area contributed by atoms with Gasteiger partial charge >= 0.3 is 5.97 Å². The molecule has 0 spiro atoms. The van der Waals surface area contributed by atoms with Gasteiger partial charge in [0.05, 0.1) is 0 Å². The molecule has 0 fully saturated rings. The summed E-state index contributed by atoms with van der Waals surface area (Å²) in [6.45, 7) is 1.86. The van der Waals surface area contributed by atoms with Crippen LogP contribution in [-0.4, -0.2) is 23.7 Å². The molecule has 0 unspecified atom stereocenters. The molecule has 1 aromatic rings. The van der Waals surface area contributed by atoms with Gasteiger partial charge in [0.25, 0.3) is 0 Å². The molecule has 0 aromatic heterocycles. The van der Waals surface area contributed by atoms with Crippen molar-refractivity contribution in [2.24, 2.45) is 0 Å². The summed E-state index contributed by atoms with van der Waals surface area (Å²) in [6.07, 6.45) is 2.10. The number of aliphatic carboxylic acids is 1. The van der Waals surface area contributed by atoms with Gasteiger partial charge < -0.3 is 15.2 Å². The molecule has 0 bridgehead atoms. The van der Waals surface area contributed by atoms with Gasteiger partial charge in [-0.25, -0.2) is 4.79 Å². The maximum absolute atomic E-state index is 10.4. The van der Waals surface area contributed by atoms with Crippen LogP contribution in [0.5, 0.6) is 5.75 Å². The fraction of sp³-hybridized carbons (Fsp3) is 0.417. The molecule has 0 radical (unpaired) electrons. The van der Waals surface area contributed by atoms with Gasteiger partial charge in [0.15, 0.2) is 6.61 Å². The summed E-state index contributed by atoms with van der Waals surface area (Å²) in [4.78, 5) is 10.4. The number of carboxylic acid groups (broad SMARTS) is 1. The molecular weight excluding hydrogens is 206 g/mol. The summed E-state index contributed by atoms with van der Waals surface area (Å²) in [5, 5.41) is 11.9. The molecule has 4 heteroatoms. The van der Waals surface area contributed by atoms with Crippen LogP contribution in [-0.2, 0) is 11.2 Å². The van der Waals surface area contributed by atoms with Crippen LogP contribution in [0.2, 0.25) is 0 Å². The van der Waals surface area contributed by atoms with E-state index in [1.54, 1.807) is 6.07 Å². The Morgan fingerprint density at radius 3 is 3.19 bits per heavy atom. The first kappa shape index (κ1) is 10.8. The summed E-state index contributed by atoms with van der Waals surface area (Å²) in [6, 6.07) is 6.16. The minimum absolute atomic E-state index is 0.289. The first-order valence-electron chi connectivity index (χ1n) is 5.39. The van der Waals surface area contributed by atoms with Crippen LogP contribution in [0.15, 0.2) is 18.2 Å². The van der Waals surface area contributed by atoms with E-state index in [4.69, 9.17) is 9.84 Å². The Labute approximate surface area is 94.2 Å². The van der Waals surface area contributed by atoms with Gasteiger partial charge in [-0.1, -0.05) is 0 Å². The standard InChI is InChI=1S/C12H15NO3/c1-8-2-3-9-6-10(16-7-12(14)15)4-5-11(9)13-8/h4-6,8,13H,2-3,7H2,1H3,(H,14,15)/t8-/m1/s1. The van der Waals surface area contributed by atoms with Gasteiger partial charge in [0.2, 0.25) is 0 Å². The molecule has 4 nitrogen and oxygen atoms in total. The SMILES string of the molecule is C[C@@H]1CCc2cc(OCC(=O)O)ccc2N1. The van der Waals surface area contributed by atoms with Crippen LogP contribution in [0.4, 0.5) is 5.69 Å². The van der Waals surface area contributed by atoms with Crippen LogP contribution < -0.4 is 10.1 Å². The van der Waals surface area contributed by atoms with Crippen molar-refractivity contribution in [1.82, 2.24) is 0 Å². The number of hydrogen-bond donors (Lipinski definition) is 2. The molecule has 86 valence electrons. The van der Waals surface area contributed by atoms with Gasteiger partial charge in [0, 0.05) is 11.7 Å². The zero-order chi connectivity index (χ0) is 11.5. The summed E-state index contributed by atoms with van der Waals surface area (Å²) >= 11 is 0. The minimum Gasteiger partial charge on any atom is -0.482 e. The third-order valence-electron chi connectivity index (χ3n) is 2.69. The smallest absolute Gasteiger partial charge is 0.341 e. The first-order valence-corrected chi connectivity index (χ1v) is 5.39. The summed E-state index contributed by atoms with van der Waals surface area (Å²) in [5.41, 5.74) is 2.32. The number of fused-ring (bicyclic) bond motifs is 1. The Kier molecular flexibility index (Phi) is 2.99.